The van der Waals surface area contributed by atoms with Crippen molar-refractivity contribution in [2.75, 3.05) is 6.61 Å². The molecule has 1 aliphatic rings. The Kier molecular flexibility index (Phi) is 5.33. The van der Waals surface area contributed by atoms with Crippen LogP contribution in [0.1, 0.15) is 24.8 Å². The third kappa shape index (κ3) is 3.67. The zero-order valence-electron chi connectivity index (χ0n) is 15.2. The lowest BCUT2D eigenvalue weighted by Gasteiger charge is -2.43. The summed E-state index contributed by atoms with van der Waals surface area (Å²) in [6.07, 6.45) is 4.61. The highest BCUT2D eigenvalue weighted by molar-refractivity contribution is 6.87. The molecule has 1 unspecified atom stereocenters. The molecule has 0 spiro atoms. The van der Waals surface area contributed by atoms with Crippen LogP contribution in [-0.4, -0.2) is 20.6 Å². The van der Waals surface area contributed by atoms with Crippen LogP contribution in [0.4, 0.5) is 0 Å². The van der Waals surface area contributed by atoms with Crippen LogP contribution in [0.5, 0.6) is 0 Å². The van der Waals surface area contributed by atoms with Gasteiger partial charge in [-0.3, -0.25) is 0 Å². The van der Waals surface area contributed by atoms with Gasteiger partial charge in [0.15, 0.2) is 0 Å². The standard InChI is InChI=1S/C24H26OSi/c1-4-12-21(13-5-1)20-24(18-10-11-19-25-24)26(22-14-6-2-7-15-22)23-16-8-3-9-17-23/h1-9,12-17,26H,10-11,18-20H2. The van der Waals surface area contributed by atoms with Gasteiger partial charge in [0.1, 0.15) is 8.80 Å². The monoisotopic (exact) mass is 358 g/mol. The van der Waals surface area contributed by atoms with Crippen molar-refractivity contribution in [1.82, 2.24) is 0 Å². The second-order valence-electron chi connectivity index (χ2n) is 7.29. The van der Waals surface area contributed by atoms with Gasteiger partial charge in [0.25, 0.3) is 0 Å². The molecule has 0 aromatic heterocycles. The van der Waals surface area contributed by atoms with E-state index in [4.69, 9.17) is 4.74 Å². The van der Waals surface area contributed by atoms with Gasteiger partial charge < -0.3 is 4.74 Å². The minimum absolute atomic E-state index is 0.0533. The topological polar surface area (TPSA) is 9.23 Å². The Morgan fingerprint density at radius 1 is 0.692 bits per heavy atom. The van der Waals surface area contributed by atoms with Crippen LogP contribution in [0.15, 0.2) is 91.0 Å². The van der Waals surface area contributed by atoms with Gasteiger partial charge in [0.2, 0.25) is 0 Å². The van der Waals surface area contributed by atoms with Crippen molar-refractivity contribution < 1.29 is 4.74 Å². The molecule has 1 heterocycles. The van der Waals surface area contributed by atoms with Crippen LogP contribution >= 0.6 is 0 Å². The van der Waals surface area contributed by atoms with Crippen molar-refractivity contribution in [1.29, 1.82) is 0 Å². The van der Waals surface area contributed by atoms with Gasteiger partial charge >= 0.3 is 0 Å². The summed E-state index contributed by atoms with van der Waals surface area (Å²) in [7, 11) is -1.56. The van der Waals surface area contributed by atoms with Crippen molar-refractivity contribution in [2.45, 2.75) is 30.9 Å². The Balaban J connectivity index is 1.81. The summed E-state index contributed by atoms with van der Waals surface area (Å²) in [5, 5.41) is 2.91. The van der Waals surface area contributed by atoms with Crippen LogP contribution in [0, 0.1) is 0 Å². The fourth-order valence-corrected chi connectivity index (χ4v) is 8.41. The van der Waals surface area contributed by atoms with Crippen LogP contribution in [0.25, 0.3) is 0 Å². The average Bonchev–Trinajstić information content (AvgIpc) is 2.71. The molecule has 0 saturated carbocycles. The molecule has 1 saturated heterocycles. The summed E-state index contributed by atoms with van der Waals surface area (Å²) in [5.74, 6) is 0. The molecule has 1 aliphatic heterocycles. The second kappa shape index (κ2) is 8.03. The Bertz CT molecular complexity index is 756. The van der Waals surface area contributed by atoms with Crippen LogP contribution in [0.3, 0.4) is 0 Å². The number of hydrogen-bond acceptors (Lipinski definition) is 1. The molecule has 0 aliphatic carbocycles. The fourth-order valence-electron chi connectivity index (χ4n) is 4.38. The number of benzene rings is 3. The second-order valence-corrected chi connectivity index (χ2v) is 10.5. The molecule has 0 N–H and O–H groups in total. The van der Waals surface area contributed by atoms with E-state index in [1.165, 1.54) is 28.8 Å². The SMILES string of the molecule is c1ccc(CC2([SiH](c3ccccc3)c3ccccc3)CCCCO2)cc1. The third-order valence-electron chi connectivity index (χ3n) is 5.52. The molecule has 0 radical (unpaired) electrons. The summed E-state index contributed by atoms with van der Waals surface area (Å²) in [5.41, 5.74) is 1.39. The van der Waals surface area contributed by atoms with Crippen molar-refractivity contribution in [2.24, 2.45) is 0 Å². The molecule has 4 rings (SSSR count). The lowest BCUT2D eigenvalue weighted by molar-refractivity contribution is -0.0206. The van der Waals surface area contributed by atoms with Gasteiger partial charge in [-0.1, -0.05) is 101 Å². The molecule has 1 nitrogen and oxygen atoms in total. The van der Waals surface area contributed by atoms with Crippen LogP contribution < -0.4 is 10.4 Å². The maximum absolute atomic E-state index is 6.70. The van der Waals surface area contributed by atoms with Crippen molar-refractivity contribution in [3.8, 4) is 0 Å². The lowest BCUT2D eigenvalue weighted by atomic mass is 10.0. The first-order chi connectivity index (χ1) is 12.9. The quantitative estimate of drug-likeness (QED) is 0.631. The van der Waals surface area contributed by atoms with Gasteiger partial charge in [-0.15, -0.1) is 0 Å². The zero-order chi connectivity index (χ0) is 17.7. The molecule has 3 aromatic rings. The zero-order valence-corrected chi connectivity index (χ0v) is 16.3. The fraction of sp³-hybridized carbons (Fsp3) is 0.250. The summed E-state index contributed by atoms with van der Waals surface area (Å²) in [6.45, 7) is 0.885. The molecule has 0 amide bonds. The molecule has 1 fully saturated rings. The van der Waals surface area contributed by atoms with E-state index in [0.717, 1.165) is 19.4 Å². The van der Waals surface area contributed by atoms with Gasteiger partial charge in [0.05, 0.1) is 5.22 Å². The largest absolute Gasteiger partial charge is 0.378 e. The number of rotatable bonds is 5. The first-order valence-electron chi connectivity index (χ1n) is 9.65. The molecule has 26 heavy (non-hydrogen) atoms. The Hall–Kier alpha value is -2.16. The smallest absolute Gasteiger partial charge is 0.138 e. The Morgan fingerprint density at radius 2 is 1.23 bits per heavy atom. The Labute approximate surface area is 158 Å². The van der Waals surface area contributed by atoms with Gasteiger partial charge in [-0.2, -0.15) is 0 Å². The highest BCUT2D eigenvalue weighted by atomic mass is 28.3. The summed E-state index contributed by atoms with van der Waals surface area (Å²) in [4.78, 5) is 0. The molecular formula is C24H26OSi. The third-order valence-corrected chi connectivity index (χ3v) is 9.34. The number of ether oxygens (including phenoxy) is 1. The first kappa shape index (κ1) is 17.3. The Morgan fingerprint density at radius 3 is 1.73 bits per heavy atom. The maximum Gasteiger partial charge on any atom is 0.138 e. The summed E-state index contributed by atoms with van der Waals surface area (Å²) >= 11 is 0. The molecular weight excluding hydrogens is 332 g/mol. The average molecular weight is 359 g/mol. The van der Waals surface area contributed by atoms with Crippen molar-refractivity contribution in [3.05, 3.63) is 96.6 Å². The predicted molar refractivity (Wildman–Crippen MR) is 112 cm³/mol. The summed E-state index contributed by atoms with van der Waals surface area (Å²) < 4.78 is 6.70. The number of hydrogen-bond donors (Lipinski definition) is 0. The van der Waals surface area contributed by atoms with E-state index in [1.807, 2.05) is 0 Å². The van der Waals surface area contributed by atoms with E-state index in [1.54, 1.807) is 0 Å². The minimum Gasteiger partial charge on any atom is -0.378 e. The van der Waals surface area contributed by atoms with Crippen molar-refractivity contribution >= 4 is 19.2 Å². The normalized spacial score (nSPS) is 20.2. The van der Waals surface area contributed by atoms with Gasteiger partial charge in [-0.25, -0.2) is 0 Å². The van der Waals surface area contributed by atoms with Crippen LogP contribution in [0.2, 0.25) is 0 Å². The molecule has 1 atom stereocenters. The van der Waals surface area contributed by atoms with E-state index in [0.29, 0.717) is 0 Å². The first-order valence-corrected chi connectivity index (χ1v) is 11.4. The molecule has 0 bridgehead atoms. The van der Waals surface area contributed by atoms with E-state index in [-0.39, 0.29) is 5.22 Å². The van der Waals surface area contributed by atoms with E-state index in [9.17, 15) is 0 Å². The lowest BCUT2D eigenvalue weighted by Crippen LogP contribution is -2.64. The van der Waals surface area contributed by atoms with Crippen molar-refractivity contribution in [3.63, 3.8) is 0 Å². The molecule has 132 valence electrons. The predicted octanol–water partition coefficient (Wildman–Crippen LogP) is 3.75. The van der Waals surface area contributed by atoms with E-state index >= 15 is 0 Å². The van der Waals surface area contributed by atoms with Gasteiger partial charge in [0, 0.05) is 6.61 Å². The van der Waals surface area contributed by atoms with E-state index in [2.05, 4.69) is 91.0 Å². The highest BCUT2D eigenvalue weighted by Gasteiger charge is 2.44. The maximum atomic E-state index is 6.70. The van der Waals surface area contributed by atoms with Gasteiger partial charge in [-0.05, 0) is 31.2 Å². The molecule has 3 aromatic carbocycles. The minimum atomic E-state index is -1.56. The summed E-state index contributed by atoms with van der Waals surface area (Å²) in [6, 6.07) is 33.1. The van der Waals surface area contributed by atoms with Crippen LogP contribution in [-0.2, 0) is 11.2 Å². The highest BCUT2D eigenvalue weighted by Crippen LogP contribution is 2.31. The molecule has 2 heteroatoms. The van der Waals surface area contributed by atoms with E-state index < -0.39 is 8.80 Å².